The van der Waals surface area contributed by atoms with Crippen molar-refractivity contribution in [2.45, 2.75) is 0 Å². The van der Waals surface area contributed by atoms with Gasteiger partial charge in [-0.1, -0.05) is 0 Å². The zero-order valence-corrected chi connectivity index (χ0v) is 30.6. The predicted molar refractivity (Wildman–Crippen MR) is 190 cm³/mol. The molecule has 0 N–H and O–H groups in total. The average Bonchev–Trinajstić information content (AvgIpc) is 3.86. The van der Waals surface area contributed by atoms with E-state index in [-0.39, 0.29) is 33.1 Å². The molecule has 0 unspecified atom stereocenters. The number of hydrogen-bond acceptors (Lipinski definition) is 4. The van der Waals surface area contributed by atoms with Gasteiger partial charge in [0.2, 0.25) is 0 Å². The standard InChI is InChI=1S/2C14H16F2N3.2C5H5.Ti/c2*1-17(2)13-7-8-14(18(3)4)19(13)12-6-5-10(15)9-11(12)16;2*1-2-4-5-3-1;/h2*5-8H,1-4H3;2*1-5H;/q4*-1;+4. The Morgan fingerprint density at radius 1 is 0.449 bits per heavy atom. The molecule has 49 heavy (non-hydrogen) atoms. The van der Waals surface area contributed by atoms with Crippen LogP contribution in [0.5, 0.6) is 0 Å². The van der Waals surface area contributed by atoms with Crippen LogP contribution in [0, 0.1) is 35.4 Å². The van der Waals surface area contributed by atoms with Crippen molar-refractivity contribution in [2.24, 2.45) is 0 Å². The van der Waals surface area contributed by atoms with E-state index in [1.54, 1.807) is 9.13 Å². The number of benzene rings is 2. The topological polar surface area (TPSA) is 22.8 Å². The smallest absolute Gasteiger partial charge is 0.365 e. The van der Waals surface area contributed by atoms with Gasteiger partial charge in [-0.25, -0.2) is 41.8 Å². The van der Waals surface area contributed by atoms with Gasteiger partial charge in [-0.2, -0.15) is 36.4 Å². The van der Waals surface area contributed by atoms with Crippen molar-refractivity contribution >= 4 is 23.3 Å². The van der Waals surface area contributed by atoms with Crippen LogP contribution in [0.25, 0.3) is 11.4 Å². The van der Waals surface area contributed by atoms with Crippen molar-refractivity contribution in [1.29, 1.82) is 0 Å². The Bertz CT molecular complexity index is 1570. The number of hydrogen-bond donors (Lipinski definition) is 0. The van der Waals surface area contributed by atoms with Gasteiger partial charge in [-0.15, -0.1) is 36.4 Å². The van der Waals surface area contributed by atoms with Gasteiger partial charge in [-0.3, -0.25) is 0 Å². The van der Waals surface area contributed by atoms with E-state index in [2.05, 4.69) is 12.1 Å². The van der Waals surface area contributed by atoms with Gasteiger partial charge in [0.15, 0.2) is 0 Å². The zero-order chi connectivity index (χ0) is 35.4. The monoisotopic (exact) mass is 706 g/mol. The first-order valence-corrected chi connectivity index (χ1v) is 15.0. The number of nitrogens with zero attached hydrogens (tertiary/aromatic N) is 6. The fourth-order valence-electron chi connectivity index (χ4n) is 4.58. The summed E-state index contributed by atoms with van der Waals surface area (Å²) in [4.78, 5) is 7.48. The summed E-state index contributed by atoms with van der Waals surface area (Å²) in [6.45, 7) is 0. The van der Waals surface area contributed by atoms with Crippen LogP contribution in [0.4, 0.5) is 40.8 Å². The van der Waals surface area contributed by atoms with Crippen LogP contribution >= 0.6 is 0 Å². The fraction of sp³-hybridized carbons (Fsp3) is 0.211. The van der Waals surface area contributed by atoms with E-state index in [0.717, 1.165) is 23.3 Å². The van der Waals surface area contributed by atoms with Crippen molar-refractivity contribution in [3.8, 4) is 11.4 Å². The molecule has 2 heterocycles. The van der Waals surface area contributed by atoms with E-state index in [1.165, 1.54) is 24.3 Å². The molecule has 0 aliphatic heterocycles. The van der Waals surface area contributed by atoms with Crippen molar-refractivity contribution in [2.75, 3.05) is 76.0 Å². The quantitative estimate of drug-likeness (QED) is 0.0991. The molecule has 6 rings (SSSR count). The van der Waals surface area contributed by atoms with Crippen LogP contribution in [-0.4, -0.2) is 65.5 Å². The first-order chi connectivity index (χ1) is 22.8. The van der Waals surface area contributed by atoms with Crippen LogP contribution in [-0.2, 0) is 21.7 Å². The van der Waals surface area contributed by atoms with Crippen LogP contribution in [0.1, 0.15) is 0 Å². The first-order valence-electron chi connectivity index (χ1n) is 15.0. The Labute approximate surface area is 302 Å². The summed E-state index contributed by atoms with van der Waals surface area (Å²) in [6, 6.07) is 36.9. The van der Waals surface area contributed by atoms with Crippen LogP contribution in [0.15, 0.2) is 109 Å². The Morgan fingerprint density at radius 2 is 0.714 bits per heavy atom. The molecule has 4 aromatic carbocycles. The maximum atomic E-state index is 13.9. The minimum absolute atomic E-state index is 0. The van der Waals surface area contributed by atoms with Gasteiger partial charge in [0.05, 0.1) is 0 Å². The van der Waals surface area contributed by atoms with E-state index < -0.39 is 23.3 Å². The second-order valence-electron chi connectivity index (χ2n) is 11.3. The maximum Gasteiger partial charge on any atom is 4.00 e. The molecule has 0 bridgehead atoms. The van der Waals surface area contributed by atoms with Crippen LogP contribution in [0.3, 0.4) is 0 Å². The molecule has 0 saturated heterocycles. The predicted octanol–water partition coefficient (Wildman–Crippen LogP) is 8.18. The van der Waals surface area contributed by atoms with E-state index in [9.17, 15) is 17.6 Å². The summed E-state index contributed by atoms with van der Waals surface area (Å²) < 4.78 is 57.3. The van der Waals surface area contributed by atoms with Gasteiger partial charge in [-0.05, 0) is 35.6 Å². The Morgan fingerprint density at radius 3 is 0.898 bits per heavy atom. The van der Waals surface area contributed by atoms with Crippen molar-refractivity contribution in [3.63, 3.8) is 0 Å². The molecule has 0 radical (unpaired) electrons. The molecular weight excluding hydrogens is 664 g/mol. The van der Waals surface area contributed by atoms with Crippen LogP contribution < -0.4 is 19.6 Å². The molecule has 0 saturated carbocycles. The normalized spacial score (nSPS) is 9.88. The molecule has 11 heteroatoms. The second kappa shape index (κ2) is 19.4. The van der Waals surface area contributed by atoms with Gasteiger partial charge < -0.3 is 28.7 Å². The average molecular weight is 707 g/mol. The second-order valence-corrected chi connectivity index (χ2v) is 11.3. The Balaban J connectivity index is 0.000000260. The van der Waals surface area contributed by atoms with Crippen molar-refractivity contribution in [3.05, 3.63) is 145 Å². The van der Waals surface area contributed by atoms with E-state index >= 15 is 0 Å². The van der Waals surface area contributed by atoms with Crippen molar-refractivity contribution < 1.29 is 39.3 Å². The summed E-state index contributed by atoms with van der Waals surface area (Å²) in [5.41, 5.74) is 0.553. The molecular formula is C38H42F4N6Ti. The van der Waals surface area contributed by atoms with Gasteiger partial charge in [0.25, 0.3) is 0 Å². The zero-order valence-electron chi connectivity index (χ0n) is 29.1. The molecule has 0 fully saturated rings. The largest absolute Gasteiger partial charge is 4.00 e. The number of anilines is 4. The minimum Gasteiger partial charge on any atom is -0.365 e. The number of halogens is 4. The molecule has 0 spiro atoms. The number of rotatable bonds is 6. The van der Waals surface area contributed by atoms with Crippen molar-refractivity contribution in [1.82, 2.24) is 9.13 Å². The summed E-state index contributed by atoms with van der Waals surface area (Å²) in [5.74, 6) is 0.414. The Hall–Kier alpha value is -4.67. The van der Waals surface area contributed by atoms with Gasteiger partial charge in [0.1, 0.15) is 23.3 Å². The summed E-state index contributed by atoms with van der Waals surface area (Å²) in [5, 5.41) is 0. The SMILES string of the molecule is CN(C)c1ccc(N(C)C)n1-c1ccc(F)[c-]c1F.CN(C)c1ccc(N(C)C)n1-c1ccc(F)[c-]c1F.[Ti+4].c1cc[cH-]c1.c1cc[cH-]c1. The van der Waals surface area contributed by atoms with E-state index in [0.29, 0.717) is 0 Å². The molecule has 0 atom stereocenters. The van der Waals surface area contributed by atoms with E-state index in [4.69, 9.17) is 0 Å². The molecule has 0 aliphatic carbocycles. The van der Waals surface area contributed by atoms with Crippen LogP contribution in [0.2, 0.25) is 0 Å². The summed E-state index contributed by atoms with van der Waals surface area (Å²) in [7, 11) is 15.0. The summed E-state index contributed by atoms with van der Waals surface area (Å²) >= 11 is 0. The third-order valence-corrected chi connectivity index (χ3v) is 6.79. The number of aromatic nitrogens is 2. The molecule has 0 amide bonds. The first kappa shape index (κ1) is 40.5. The molecule has 6 aromatic rings. The van der Waals surface area contributed by atoms with E-state index in [1.807, 2.05) is 161 Å². The molecule has 256 valence electrons. The molecule has 6 nitrogen and oxygen atoms in total. The minimum atomic E-state index is -0.706. The summed E-state index contributed by atoms with van der Waals surface area (Å²) in [6.07, 6.45) is 0. The van der Waals surface area contributed by atoms with Gasteiger partial charge >= 0.3 is 21.7 Å². The van der Waals surface area contributed by atoms with Gasteiger partial charge in [0, 0.05) is 79.7 Å². The Kier molecular flexibility index (Phi) is 16.0. The fourth-order valence-corrected chi connectivity index (χ4v) is 4.58. The third kappa shape index (κ3) is 11.2. The maximum absolute atomic E-state index is 13.9. The molecule has 0 aliphatic rings. The molecule has 2 aromatic heterocycles. The third-order valence-electron chi connectivity index (χ3n) is 6.79.